The summed E-state index contributed by atoms with van der Waals surface area (Å²) >= 11 is 0. The summed E-state index contributed by atoms with van der Waals surface area (Å²) in [6, 6.07) is 13.0. The predicted molar refractivity (Wildman–Crippen MR) is 83.0 cm³/mol. The highest BCUT2D eigenvalue weighted by Gasteiger charge is 2.09. The quantitative estimate of drug-likeness (QED) is 0.884. The molecule has 0 aliphatic carbocycles. The molecule has 0 amide bonds. The average Bonchev–Trinajstić information content (AvgIpc) is 2.45. The minimum absolute atomic E-state index is 0.209. The number of nitrogens with one attached hydrogen (secondary N) is 1. The fourth-order valence-corrected chi connectivity index (χ4v) is 2.25. The van der Waals surface area contributed by atoms with Crippen molar-refractivity contribution in [3.8, 4) is 0 Å². The van der Waals surface area contributed by atoms with Crippen molar-refractivity contribution in [3.05, 3.63) is 59.4 Å². The smallest absolute Gasteiger partial charge is 0.123 e. The summed E-state index contributed by atoms with van der Waals surface area (Å²) in [5.74, 6) is -0.209. The van der Waals surface area contributed by atoms with Crippen molar-refractivity contribution in [1.29, 1.82) is 0 Å². The van der Waals surface area contributed by atoms with Gasteiger partial charge in [0.1, 0.15) is 5.82 Å². The summed E-state index contributed by atoms with van der Waals surface area (Å²) in [5.41, 5.74) is 4.61. The van der Waals surface area contributed by atoms with Gasteiger partial charge in [0.25, 0.3) is 0 Å². The van der Waals surface area contributed by atoms with E-state index < -0.39 is 0 Å². The van der Waals surface area contributed by atoms with E-state index in [1.807, 2.05) is 7.05 Å². The number of hydrogen-bond donors (Lipinski definition) is 1. The summed E-state index contributed by atoms with van der Waals surface area (Å²) in [4.78, 5) is 2.09. The maximum absolute atomic E-state index is 13.0. The second kappa shape index (κ2) is 6.53. The van der Waals surface area contributed by atoms with Crippen molar-refractivity contribution in [2.75, 3.05) is 18.5 Å². The van der Waals surface area contributed by atoms with Crippen LogP contribution in [0.4, 0.5) is 15.8 Å². The Balaban J connectivity index is 2.32. The lowest BCUT2D eigenvalue weighted by Gasteiger charge is -2.23. The van der Waals surface area contributed by atoms with Crippen molar-refractivity contribution in [2.45, 2.75) is 20.4 Å². The molecule has 0 bridgehead atoms. The van der Waals surface area contributed by atoms with Crippen LogP contribution in [0.2, 0.25) is 0 Å². The van der Waals surface area contributed by atoms with Gasteiger partial charge >= 0.3 is 0 Å². The number of nitrogens with zero attached hydrogens (tertiary/aromatic N) is 1. The molecule has 0 radical (unpaired) electrons. The van der Waals surface area contributed by atoms with Crippen LogP contribution in [-0.4, -0.2) is 13.6 Å². The molecule has 0 aromatic heterocycles. The molecule has 0 aliphatic rings. The zero-order valence-electron chi connectivity index (χ0n) is 12.3. The minimum Gasteiger partial charge on any atom is -0.344 e. The van der Waals surface area contributed by atoms with Crippen LogP contribution in [0.25, 0.3) is 0 Å². The first kappa shape index (κ1) is 14.5. The molecular formula is C17H21FN2. The van der Waals surface area contributed by atoms with Crippen LogP contribution in [0.1, 0.15) is 18.1 Å². The molecule has 20 heavy (non-hydrogen) atoms. The standard InChI is InChI=1S/C17H21FN2/c1-4-19-12-14-11-13(2)5-10-17(14)20(3)16-8-6-15(18)7-9-16/h5-11,19H,4,12H2,1-3H3. The van der Waals surface area contributed by atoms with Crippen LogP contribution >= 0.6 is 0 Å². The summed E-state index contributed by atoms with van der Waals surface area (Å²) in [5, 5.41) is 3.36. The Labute approximate surface area is 120 Å². The van der Waals surface area contributed by atoms with E-state index in [0.29, 0.717) is 0 Å². The van der Waals surface area contributed by atoms with Gasteiger partial charge in [-0.1, -0.05) is 24.6 Å². The molecule has 0 saturated heterocycles. The van der Waals surface area contributed by atoms with Crippen LogP contribution in [0.5, 0.6) is 0 Å². The number of anilines is 2. The van der Waals surface area contributed by atoms with E-state index in [2.05, 4.69) is 42.3 Å². The monoisotopic (exact) mass is 272 g/mol. The van der Waals surface area contributed by atoms with Crippen LogP contribution in [0.15, 0.2) is 42.5 Å². The van der Waals surface area contributed by atoms with Crippen LogP contribution < -0.4 is 10.2 Å². The number of benzene rings is 2. The van der Waals surface area contributed by atoms with Crippen LogP contribution in [0, 0.1) is 12.7 Å². The predicted octanol–water partition coefficient (Wildman–Crippen LogP) is 4.01. The summed E-state index contributed by atoms with van der Waals surface area (Å²) < 4.78 is 13.0. The Morgan fingerprint density at radius 2 is 1.80 bits per heavy atom. The van der Waals surface area contributed by atoms with E-state index in [0.717, 1.165) is 24.5 Å². The molecular weight excluding hydrogens is 251 g/mol. The first-order chi connectivity index (χ1) is 9.61. The molecule has 0 fully saturated rings. The normalized spacial score (nSPS) is 10.6. The van der Waals surface area contributed by atoms with Gasteiger partial charge in [-0.15, -0.1) is 0 Å². The lowest BCUT2D eigenvalue weighted by molar-refractivity contribution is 0.628. The maximum Gasteiger partial charge on any atom is 0.123 e. The van der Waals surface area contributed by atoms with E-state index in [1.165, 1.54) is 23.3 Å². The van der Waals surface area contributed by atoms with Crippen molar-refractivity contribution in [1.82, 2.24) is 5.32 Å². The third-order valence-electron chi connectivity index (χ3n) is 3.38. The van der Waals surface area contributed by atoms with Gasteiger partial charge in [-0.05, 0) is 49.4 Å². The Bertz CT molecular complexity index is 564. The second-order valence-electron chi connectivity index (χ2n) is 4.95. The first-order valence-electron chi connectivity index (χ1n) is 6.91. The molecule has 0 aliphatic heterocycles. The highest BCUT2D eigenvalue weighted by molar-refractivity contribution is 5.66. The van der Waals surface area contributed by atoms with Crippen LogP contribution in [-0.2, 0) is 6.54 Å². The van der Waals surface area contributed by atoms with E-state index in [1.54, 1.807) is 12.1 Å². The molecule has 0 saturated carbocycles. The zero-order valence-corrected chi connectivity index (χ0v) is 12.3. The molecule has 2 rings (SSSR count). The number of rotatable bonds is 5. The molecule has 1 N–H and O–H groups in total. The Kier molecular flexibility index (Phi) is 4.74. The minimum atomic E-state index is -0.209. The van der Waals surface area contributed by atoms with Crippen molar-refractivity contribution < 1.29 is 4.39 Å². The molecule has 2 nitrogen and oxygen atoms in total. The van der Waals surface area contributed by atoms with E-state index in [9.17, 15) is 4.39 Å². The molecule has 0 heterocycles. The number of halogens is 1. The van der Waals surface area contributed by atoms with Gasteiger partial charge in [0.15, 0.2) is 0 Å². The topological polar surface area (TPSA) is 15.3 Å². The van der Waals surface area contributed by atoms with E-state index >= 15 is 0 Å². The number of hydrogen-bond acceptors (Lipinski definition) is 2. The van der Waals surface area contributed by atoms with Crippen molar-refractivity contribution in [3.63, 3.8) is 0 Å². The molecule has 2 aromatic carbocycles. The van der Waals surface area contributed by atoms with Crippen molar-refractivity contribution >= 4 is 11.4 Å². The molecule has 0 unspecified atom stereocenters. The third kappa shape index (κ3) is 3.36. The lowest BCUT2D eigenvalue weighted by Crippen LogP contribution is -2.17. The van der Waals surface area contributed by atoms with E-state index in [4.69, 9.17) is 0 Å². The first-order valence-corrected chi connectivity index (χ1v) is 6.91. The van der Waals surface area contributed by atoms with Gasteiger partial charge in [-0.25, -0.2) is 4.39 Å². The Morgan fingerprint density at radius 1 is 1.10 bits per heavy atom. The molecule has 3 heteroatoms. The largest absolute Gasteiger partial charge is 0.344 e. The highest BCUT2D eigenvalue weighted by Crippen LogP contribution is 2.28. The second-order valence-corrected chi connectivity index (χ2v) is 4.95. The summed E-state index contributed by atoms with van der Waals surface area (Å²) in [7, 11) is 2.01. The molecule has 106 valence electrons. The van der Waals surface area contributed by atoms with Gasteiger partial charge < -0.3 is 10.2 Å². The van der Waals surface area contributed by atoms with Gasteiger partial charge in [0, 0.05) is 25.0 Å². The molecule has 0 atom stereocenters. The van der Waals surface area contributed by atoms with Crippen molar-refractivity contribution in [2.24, 2.45) is 0 Å². The van der Waals surface area contributed by atoms with Gasteiger partial charge in [0.2, 0.25) is 0 Å². The summed E-state index contributed by atoms with van der Waals surface area (Å²) in [6.45, 7) is 5.96. The lowest BCUT2D eigenvalue weighted by atomic mass is 10.1. The maximum atomic E-state index is 13.0. The average molecular weight is 272 g/mol. The fraction of sp³-hybridized carbons (Fsp3) is 0.294. The fourth-order valence-electron chi connectivity index (χ4n) is 2.25. The van der Waals surface area contributed by atoms with Gasteiger partial charge in [-0.2, -0.15) is 0 Å². The Hall–Kier alpha value is -1.87. The zero-order chi connectivity index (χ0) is 14.5. The van der Waals surface area contributed by atoms with Crippen LogP contribution in [0.3, 0.4) is 0 Å². The van der Waals surface area contributed by atoms with E-state index in [-0.39, 0.29) is 5.82 Å². The highest BCUT2D eigenvalue weighted by atomic mass is 19.1. The number of aryl methyl sites for hydroxylation is 1. The Morgan fingerprint density at radius 3 is 2.45 bits per heavy atom. The summed E-state index contributed by atoms with van der Waals surface area (Å²) in [6.07, 6.45) is 0. The van der Waals surface area contributed by atoms with Gasteiger partial charge in [0.05, 0.1) is 0 Å². The molecule has 0 spiro atoms. The SMILES string of the molecule is CCNCc1cc(C)ccc1N(C)c1ccc(F)cc1. The third-order valence-corrected chi connectivity index (χ3v) is 3.38. The molecule has 2 aromatic rings. The van der Waals surface area contributed by atoms with Gasteiger partial charge in [-0.3, -0.25) is 0 Å².